The maximum atomic E-state index is 13.7. The lowest BCUT2D eigenvalue weighted by molar-refractivity contribution is -0.138. The predicted molar refractivity (Wildman–Crippen MR) is 160 cm³/mol. The molecule has 0 radical (unpaired) electrons. The van der Waals surface area contributed by atoms with Crippen molar-refractivity contribution < 1.29 is 37.3 Å². The first-order valence-corrected chi connectivity index (χ1v) is 14.6. The van der Waals surface area contributed by atoms with Crippen molar-refractivity contribution in [3.8, 4) is 5.75 Å². The van der Waals surface area contributed by atoms with E-state index in [0.29, 0.717) is 39.6 Å². The van der Waals surface area contributed by atoms with Crippen molar-refractivity contribution in [3.05, 3.63) is 64.2 Å². The smallest absolute Gasteiger partial charge is 0.416 e. The van der Waals surface area contributed by atoms with Crippen molar-refractivity contribution in [1.82, 2.24) is 19.6 Å². The number of hydrogen-bond donors (Lipinski definition) is 1. The van der Waals surface area contributed by atoms with Gasteiger partial charge in [0, 0.05) is 25.0 Å². The number of amides is 2. The average molecular weight is 632 g/mol. The minimum absolute atomic E-state index is 0.0579. The van der Waals surface area contributed by atoms with E-state index in [1.807, 2.05) is 4.90 Å². The van der Waals surface area contributed by atoms with Crippen LogP contribution in [0.25, 0.3) is 17.0 Å². The summed E-state index contributed by atoms with van der Waals surface area (Å²) in [5.74, 6) is -0.290. The highest BCUT2D eigenvalue weighted by molar-refractivity contribution is 8.18. The van der Waals surface area contributed by atoms with Gasteiger partial charge >= 0.3 is 12.3 Å². The summed E-state index contributed by atoms with van der Waals surface area (Å²) in [7, 11) is 1.31. The molecule has 14 heteroatoms. The molecule has 1 unspecified atom stereocenters. The Kier molecular flexibility index (Phi) is 8.67. The van der Waals surface area contributed by atoms with E-state index < -0.39 is 35.4 Å². The summed E-state index contributed by atoms with van der Waals surface area (Å²) >= 11 is 1.21. The normalized spacial score (nSPS) is 18.7. The Balaban J connectivity index is 1.29. The Morgan fingerprint density at radius 2 is 1.93 bits per heavy atom. The molecule has 5 rings (SSSR count). The zero-order valence-corrected chi connectivity index (χ0v) is 25.4. The first-order chi connectivity index (χ1) is 20.8. The number of alkyl halides is 3. The summed E-state index contributed by atoms with van der Waals surface area (Å²) in [4.78, 5) is 33.4. The fourth-order valence-corrected chi connectivity index (χ4v) is 5.95. The van der Waals surface area contributed by atoms with E-state index in [-0.39, 0.29) is 31.0 Å². The van der Waals surface area contributed by atoms with Gasteiger partial charge in [-0.3, -0.25) is 14.4 Å². The van der Waals surface area contributed by atoms with Crippen LogP contribution in [0.3, 0.4) is 0 Å². The van der Waals surface area contributed by atoms with Crippen molar-refractivity contribution >= 4 is 45.9 Å². The summed E-state index contributed by atoms with van der Waals surface area (Å²) < 4.78 is 53.0. The Morgan fingerprint density at radius 3 is 2.61 bits per heavy atom. The number of thioether (sulfide) groups is 1. The predicted octanol–water partition coefficient (Wildman–Crippen LogP) is 5.00. The van der Waals surface area contributed by atoms with Crippen LogP contribution in [0.1, 0.15) is 37.5 Å². The molecule has 0 bridgehead atoms. The second-order valence-electron chi connectivity index (χ2n) is 11.4. The van der Waals surface area contributed by atoms with Gasteiger partial charge in [0.15, 0.2) is 5.17 Å². The van der Waals surface area contributed by atoms with Crippen LogP contribution < -0.4 is 4.74 Å². The van der Waals surface area contributed by atoms with Gasteiger partial charge in [0.1, 0.15) is 11.4 Å². The lowest BCUT2D eigenvalue weighted by atomic mass is 10.1. The number of hydrogen-bond acceptors (Lipinski definition) is 8. The molecule has 0 spiro atoms. The first kappa shape index (κ1) is 31.4. The van der Waals surface area contributed by atoms with Gasteiger partial charge < -0.3 is 19.5 Å². The molecule has 1 saturated heterocycles. The number of benzene rings is 2. The standard InChI is InChI=1S/C30H32F3N5O5S/c1-29(2,3)43-28(41)37-10-9-36(16-21(37)17-39)27-35-26(40)25(44-27)12-18-5-8-24-20(11-18)14-34-38(24)15-19-6-7-22(42-4)13-23(19)30(31,32)33/h5-8,11-14,21,39H,9-10,15-17H2,1-4H3. The molecule has 10 nitrogen and oxygen atoms in total. The monoisotopic (exact) mass is 631 g/mol. The van der Waals surface area contributed by atoms with Gasteiger partial charge in [-0.25, -0.2) is 4.79 Å². The van der Waals surface area contributed by atoms with E-state index in [9.17, 15) is 27.9 Å². The number of methoxy groups -OCH3 is 1. The number of nitrogens with zero attached hydrogens (tertiary/aromatic N) is 5. The molecule has 1 aromatic heterocycles. The third kappa shape index (κ3) is 6.86. The van der Waals surface area contributed by atoms with E-state index >= 15 is 0 Å². The number of carbonyl (C=O) groups excluding carboxylic acids is 2. The fraction of sp³-hybridized carbons (Fsp3) is 0.400. The number of aliphatic hydroxyl groups is 1. The van der Waals surface area contributed by atoms with Gasteiger partial charge in [0.25, 0.3) is 5.91 Å². The lowest BCUT2D eigenvalue weighted by Gasteiger charge is -2.41. The van der Waals surface area contributed by atoms with Crippen molar-refractivity contribution in [1.29, 1.82) is 0 Å². The zero-order valence-electron chi connectivity index (χ0n) is 24.6. The van der Waals surface area contributed by atoms with Crippen LogP contribution in [-0.4, -0.2) is 86.8 Å². The minimum atomic E-state index is -4.55. The molecule has 2 aliphatic heterocycles. The summed E-state index contributed by atoms with van der Waals surface area (Å²) in [5, 5.41) is 15.4. The number of piperazine rings is 1. The van der Waals surface area contributed by atoms with E-state index in [2.05, 4.69) is 10.1 Å². The number of aliphatic imine (C=N–C) groups is 1. The molecule has 1 fully saturated rings. The Morgan fingerprint density at radius 1 is 1.16 bits per heavy atom. The molecule has 2 aliphatic rings. The number of aromatic nitrogens is 2. The molecule has 0 saturated carbocycles. The van der Waals surface area contributed by atoms with Crippen molar-refractivity contribution in [2.45, 2.75) is 45.1 Å². The highest BCUT2D eigenvalue weighted by atomic mass is 32.2. The fourth-order valence-electron chi connectivity index (χ4n) is 5.00. The Labute approximate surface area is 256 Å². The molecule has 234 valence electrons. The zero-order chi connectivity index (χ0) is 31.8. The SMILES string of the molecule is COc1ccc(Cn2ncc3cc(C=C4SC(N5CCN(C(=O)OC(C)(C)C)C(CO)C5)=NC4=O)ccc32)c(C(F)(F)F)c1. The van der Waals surface area contributed by atoms with Gasteiger partial charge in [-0.05, 0) is 74.0 Å². The molecule has 3 heterocycles. The molecule has 3 aromatic rings. The number of aliphatic hydroxyl groups excluding tert-OH is 1. The maximum Gasteiger partial charge on any atom is 0.416 e. The Bertz CT molecular complexity index is 1650. The molecule has 2 aromatic carbocycles. The van der Waals surface area contributed by atoms with E-state index in [1.54, 1.807) is 51.2 Å². The van der Waals surface area contributed by atoms with Gasteiger partial charge in [-0.15, -0.1) is 0 Å². The number of halogens is 3. The second kappa shape index (κ2) is 12.2. The van der Waals surface area contributed by atoms with Crippen molar-refractivity contribution in [2.24, 2.45) is 4.99 Å². The summed E-state index contributed by atoms with van der Waals surface area (Å²) in [6, 6.07) is 8.64. The number of carbonyl (C=O) groups is 2. The molecule has 44 heavy (non-hydrogen) atoms. The van der Waals surface area contributed by atoms with E-state index in [0.717, 1.165) is 6.07 Å². The third-order valence-corrected chi connectivity index (χ3v) is 8.15. The summed E-state index contributed by atoms with van der Waals surface area (Å²) in [6.07, 6.45) is -1.79. The quantitative estimate of drug-likeness (QED) is 0.392. The second-order valence-corrected chi connectivity index (χ2v) is 12.4. The lowest BCUT2D eigenvalue weighted by Crippen LogP contribution is -2.58. The average Bonchev–Trinajstić information content (AvgIpc) is 3.53. The van der Waals surface area contributed by atoms with Gasteiger partial charge in [0.05, 0.1) is 48.5 Å². The highest BCUT2D eigenvalue weighted by Gasteiger charge is 2.37. The van der Waals surface area contributed by atoms with E-state index in [4.69, 9.17) is 9.47 Å². The van der Waals surface area contributed by atoms with Crippen LogP contribution in [0.4, 0.5) is 18.0 Å². The Hall–Kier alpha value is -4.04. The maximum absolute atomic E-state index is 13.7. The molecular weight excluding hydrogens is 599 g/mol. The van der Waals surface area contributed by atoms with Crippen molar-refractivity contribution in [3.63, 3.8) is 0 Å². The number of fused-ring (bicyclic) bond motifs is 1. The number of amidine groups is 1. The van der Waals surface area contributed by atoms with Crippen LogP contribution in [0.15, 0.2) is 52.5 Å². The number of rotatable bonds is 5. The summed E-state index contributed by atoms with van der Waals surface area (Å²) in [5.41, 5.74) is -0.0572. The van der Waals surface area contributed by atoms with Crippen LogP contribution in [0.2, 0.25) is 0 Å². The van der Waals surface area contributed by atoms with Gasteiger partial charge in [0.2, 0.25) is 0 Å². The third-order valence-electron chi connectivity index (χ3n) is 7.11. The van der Waals surface area contributed by atoms with Crippen LogP contribution in [0, 0.1) is 0 Å². The van der Waals surface area contributed by atoms with Crippen LogP contribution in [0.5, 0.6) is 5.75 Å². The van der Waals surface area contributed by atoms with Crippen LogP contribution >= 0.6 is 11.8 Å². The van der Waals surface area contributed by atoms with Gasteiger partial charge in [-0.2, -0.15) is 23.3 Å². The molecule has 0 aliphatic carbocycles. The van der Waals surface area contributed by atoms with Crippen LogP contribution in [-0.2, 0) is 22.3 Å². The minimum Gasteiger partial charge on any atom is -0.497 e. The summed E-state index contributed by atoms with van der Waals surface area (Å²) in [6.45, 7) is 5.97. The topological polar surface area (TPSA) is 109 Å². The molecular formula is C30H32F3N5O5S. The molecule has 1 N–H and O–H groups in total. The molecule has 1 atom stereocenters. The van der Waals surface area contributed by atoms with E-state index in [1.165, 1.54) is 40.6 Å². The molecule has 2 amide bonds. The number of ether oxygens (including phenoxy) is 2. The first-order valence-electron chi connectivity index (χ1n) is 13.8. The largest absolute Gasteiger partial charge is 0.497 e. The van der Waals surface area contributed by atoms with Crippen molar-refractivity contribution in [2.75, 3.05) is 33.4 Å². The highest BCUT2D eigenvalue weighted by Crippen LogP contribution is 2.36. The van der Waals surface area contributed by atoms with Gasteiger partial charge in [-0.1, -0.05) is 12.1 Å².